The number of benzene rings is 1. The standard InChI is InChI=1S/C15H22F2N2O2/c1-9-6-7-10(13(17)12(9)16)11(18-5)8-19-14(20)21-15(2,3)4/h6-7,11,18H,8H2,1-5H3,(H,19,20). The topological polar surface area (TPSA) is 50.4 Å². The van der Waals surface area contributed by atoms with Gasteiger partial charge in [-0.1, -0.05) is 12.1 Å². The largest absolute Gasteiger partial charge is 0.444 e. The average Bonchev–Trinajstić information content (AvgIpc) is 2.36. The van der Waals surface area contributed by atoms with Crippen molar-refractivity contribution in [1.29, 1.82) is 0 Å². The fourth-order valence-corrected chi connectivity index (χ4v) is 1.80. The van der Waals surface area contributed by atoms with Crippen LogP contribution in [0.5, 0.6) is 0 Å². The molecular weight excluding hydrogens is 278 g/mol. The maximum absolute atomic E-state index is 13.9. The highest BCUT2D eigenvalue weighted by molar-refractivity contribution is 5.67. The van der Waals surface area contributed by atoms with E-state index in [1.54, 1.807) is 27.8 Å². The third-order valence-electron chi connectivity index (χ3n) is 2.88. The third-order valence-corrected chi connectivity index (χ3v) is 2.88. The number of hydrogen-bond acceptors (Lipinski definition) is 3. The molecule has 21 heavy (non-hydrogen) atoms. The van der Waals surface area contributed by atoms with Crippen molar-refractivity contribution in [3.8, 4) is 0 Å². The minimum absolute atomic E-state index is 0.0881. The van der Waals surface area contributed by atoms with Crippen LogP contribution in [0.1, 0.15) is 37.9 Å². The Morgan fingerprint density at radius 1 is 1.29 bits per heavy atom. The van der Waals surface area contributed by atoms with Crippen molar-refractivity contribution >= 4 is 6.09 Å². The van der Waals surface area contributed by atoms with Crippen molar-refractivity contribution < 1.29 is 18.3 Å². The van der Waals surface area contributed by atoms with Crippen molar-refractivity contribution in [3.05, 3.63) is 34.9 Å². The molecule has 1 unspecified atom stereocenters. The van der Waals surface area contributed by atoms with Gasteiger partial charge in [0.15, 0.2) is 11.6 Å². The van der Waals surface area contributed by atoms with Crippen molar-refractivity contribution in [1.82, 2.24) is 10.6 Å². The first kappa shape index (κ1) is 17.4. The monoisotopic (exact) mass is 300 g/mol. The van der Waals surface area contributed by atoms with Crippen LogP contribution in [0.4, 0.5) is 13.6 Å². The average molecular weight is 300 g/mol. The summed E-state index contributed by atoms with van der Waals surface area (Å²) in [4.78, 5) is 11.6. The molecule has 4 nitrogen and oxygen atoms in total. The van der Waals surface area contributed by atoms with Gasteiger partial charge in [0.05, 0.1) is 6.04 Å². The second-order valence-corrected chi connectivity index (χ2v) is 5.82. The number of aryl methyl sites for hydroxylation is 1. The lowest BCUT2D eigenvalue weighted by Crippen LogP contribution is -2.37. The molecular formula is C15H22F2N2O2. The second-order valence-electron chi connectivity index (χ2n) is 5.82. The van der Waals surface area contributed by atoms with Crippen molar-refractivity contribution in [2.24, 2.45) is 0 Å². The zero-order chi connectivity index (χ0) is 16.2. The van der Waals surface area contributed by atoms with E-state index in [0.29, 0.717) is 0 Å². The number of rotatable bonds is 4. The van der Waals surface area contributed by atoms with Crippen LogP contribution in [-0.2, 0) is 4.74 Å². The Morgan fingerprint density at radius 2 is 1.90 bits per heavy atom. The number of halogens is 2. The Bertz CT molecular complexity index is 513. The van der Waals surface area contributed by atoms with E-state index in [1.165, 1.54) is 19.1 Å². The van der Waals surface area contributed by atoms with Gasteiger partial charge in [0.1, 0.15) is 5.60 Å². The Kier molecular flexibility index (Phi) is 5.66. The van der Waals surface area contributed by atoms with Crippen molar-refractivity contribution in [3.63, 3.8) is 0 Å². The molecule has 1 aromatic carbocycles. The Labute approximate surface area is 123 Å². The Morgan fingerprint density at radius 3 is 2.43 bits per heavy atom. The number of ether oxygens (including phenoxy) is 1. The first-order valence-electron chi connectivity index (χ1n) is 6.74. The minimum Gasteiger partial charge on any atom is -0.444 e. The summed E-state index contributed by atoms with van der Waals surface area (Å²) in [5.41, 5.74) is -0.205. The summed E-state index contributed by atoms with van der Waals surface area (Å²) >= 11 is 0. The Hall–Kier alpha value is -1.69. The third kappa shape index (κ3) is 4.97. The van der Waals surface area contributed by atoms with Gasteiger partial charge in [-0.05, 0) is 40.3 Å². The molecule has 1 rings (SSSR count). The summed E-state index contributed by atoms with van der Waals surface area (Å²) in [5.74, 6) is -1.77. The molecule has 1 amide bonds. The molecule has 1 atom stereocenters. The van der Waals surface area contributed by atoms with Crippen LogP contribution in [0.25, 0.3) is 0 Å². The SMILES string of the molecule is CNC(CNC(=O)OC(C)(C)C)c1ccc(C)c(F)c1F. The molecule has 0 aliphatic rings. The summed E-state index contributed by atoms with van der Waals surface area (Å²) in [6.07, 6.45) is -0.601. The lowest BCUT2D eigenvalue weighted by Gasteiger charge is -2.22. The van der Waals surface area contributed by atoms with Crippen molar-refractivity contribution in [2.45, 2.75) is 39.3 Å². The summed E-state index contributed by atoms with van der Waals surface area (Å²) in [5, 5.41) is 5.38. The zero-order valence-corrected chi connectivity index (χ0v) is 13.0. The summed E-state index contributed by atoms with van der Waals surface area (Å²) in [6.45, 7) is 6.83. The lowest BCUT2D eigenvalue weighted by atomic mass is 10.0. The number of likely N-dealkylation sites (N-methyl/N-ethyl adjacent to an activating group) is 1. The van der Waals surface area contributed by atoms with E-state index in [-0.39, 0.29) is 17.7 Å². The number of carbonyl (C=O) groups excluding carboxylic acids is 1. The lowest BCUT2D eigenvalue weighted by molar-refractivity contribution is 0.0522. The van der Waals surface area contributed by atoms with Gasteiger partial charge >= 0.3 is 6.09 Å². The number of carbonyl (C=O) groups is 1. The molecule has 0 fully saturated rings. The maximum atomic E-state index is 13.9. The summed E-state index contributed by atoms with van der Waals surface area (Å²) < 4.78 is 32.6. The van der Waals surface area contributed by atoms with Gasteiger partial charge in [0.2, 0.25) is 0 Å². The molecule has 0 saturated carbocycles. The molecule has 1 aromatic rings. The molecule has 0 aliphatic carbocycles. The van der Waals surface area contributed by atoms with E-state index in [2.05, 4.69) is 10.6 Å². The van der Waals surface area contributed by atoms with Gasteiger partial charge in [-0.3, -0.25) is 0 Å². The van der Waals surface area contributed by atoms with Gasteiger partial charge in [-0.15, -0.1) is 0 Å². The van der Waals surface area contributed by atoms with Gasteiger partial charge < -0.3 is 15.4 Å². The highest BCUT2D eigenvalue weighted by Crippen LogP contribution is 2.21. The molecule has 118 valence electrons. The number of hydrogen-bond donors (Lipinski definition) is 2. The molecule has 0 bridgehead atoms. The van der Waals surface area contributed by atoms with Gasteiger partial charge in [0.25, 0.3) is 0 Å². The van der Waals surface area contributed by atoms with Crippen LogP contribution in [0.2, 0.25) is 0 Å². The zero-order valence-electron chi connectivity index (χ0n) is 13.0. The first-order chi connectivity index (χ1) is 9.65. The van der Waals surface area contributed by atoms with Crippen LogP contribution < -0.4 is 10.6 Å². The van der Waals surface area contributed by atoms with E-state index >= 15 is 0 Å². The quantitative estimate of drug-likeness (QED) is 0.898. The van der Waals surface area contributed by atoms with Gasteiger partial charge in [-0.25, -0.2) is 13.6 Å². The van der Waals surface area contributed by atoms with Crippen LogP contribution in [0, 0.1) is 18.6 Å². The summed E-state index contributed by atoms with van der Waals surface area (Å²) in [7, 11) is 1.61. The smallest absolute Gasteiger partial charge is 0.407 e. The fraction of sp³-hybridized carbons (Fsp3) is 0.533. The second kappa shape index (κ2) is 6.85. The Balaban J connectivity index is 2.77. The highest BCUT2D eigenvalue weighted by atomic mass is 19.2. The van der Waals surface area contributed by atoms with Crippen molar-refractivity contribution in [2.75, 3.05) is 13.6 Å². The molecule has 0 radical (unpaired) electrons. The van der Waals surface area contributed by atoms with E-state index in [0.717, 1.165) is 0 Å². The minimum atomic E-state index is -0.902. The van der Waals surface area contributed by atoms with Gasteiger partial charge in [-0.2, -0.15) is 0 Å². The number of alkyl carbamates (subject to hydrolysis) is 1. The highest BCUT2D eigenvalue weighted by Gasteiger charge is 2.21. The molecule has 0 heterocycles. The number of nitrogens with one attached hydrogen (secondary N) is 2. The van der Waals surface area contributed by atoms with Crippen LogP contribution >= 0.6 is 0 Å². The van der Waals surface area contributed by atoms with Crippen LogP contribution in [0.15, 0.2) is 12.1 Å². The fourth-order valence-electron chi connectivity index (χ4n) is 1.80. The van der Waals surface area contributed by atoms with Gasteiger partial charge in [0, 0.05) is 12.1 Å². The first-order valence-corrected chi connectivity index (χ1v) is 6.74. The van der Waals surface area contributed by atoms with Crippen LogP contribution in [-0.4, -0.2) is 25.3 Å². The molecule has 6 heteroatoms. The summed E-state index contributed by atoms with van der Waals surface area (Å²) in [6, 6.07) is 2.46. The molecule has 0 spiro atoms. The predicted octanol–water partition coefficient (Wildman–Crippen LogP) is 3.06. The normalized spacial score (nSPS) is 12.9. The van der Waals surface area contributed by atoms with E-state index < -0.39 is 29.4 Å². The van der Waals surface area contributed by atoms with E-state index in [9.17, 15) is 13.6 Å². The number of amides is 1. The maximum Gasteiger partial charge on any atom is 0.407 e. The van der Waals surface area contributed by atoms with Crippen LogP contribution in [0.3, 0.4) is 0 Å². The predicted molar refractivity (Wildman–Crippen MR) is 77.1 cm³/mol. The molecule has 0 aliphatic heterocycles. The molecule has 0 saturated heterocycles. The molecule has 2 N–H and O–H groups in total. The molecule has 0 aromatic heterocycles. The van der Waals surface area contributed by atoms with E-state index in [1.807, 2.05) is 0 Å². The van der Waals surface area contributed by atoms with E-state index in [4.69, 9.17) is 4.74 Å².